The Kier molecular flexibility index (Phi) is 3.99. The molecule has 3 rings (SSSR count). The van der Waals surface area contributed by atoms with E-state index >= 15 is 0 Å². The fourth-order valence-electron chi connectivity index (χ4n) is 2.58. The molecule has 21 heavy (non-hydrogen) atoms. The summed E-state index contributed by atoms with van der Waals surface area (Å²) in [5.41, 5.74) is 3.47. The van der Waals surface area contributed by atoms with Crippen molar-refractivity contribution >= 4 is 5.82 Å². The lowest BCUT2D eigenvalue weighted by atomic mass is 10.2. The van der Waals surface area contributed by atoms with Crippen molar-refractivity contribution in [2.24, 2.45) is 0 Å². The van der Waals surface area contributed by atoms with Crippen molar-refractivity contribution in [1.82, 2.24) is 15.0 Å². The first kappa shape index (κ1) is 13.8. The van der Waals surface area contributed by atoms with Crippen LogP contribution in [0.1, 0.15) is 37.1 Å². The minimum atomic E-state index is 0.113. The molecule has 2 heterocycles. The van der Waals surface area contributed by atoms with Crippen LogP contribution in [0, 0.1) is 0 Å². The summed E-state index contributed by atoms with van der Waals surface area (Å²) < 4.78 is 5.74. The maximum atomic E-state index is 5.74. The molecule has 0 atom stereocenters. The summed E-state index contributed by atoms with van der Waals surface area (Å²) >= 11 is 0. The first-order chi connectivity index (χ1) is 10.2. The largest absolute Gasteiger partial charge is 0.475 e. The second-order valence-corrected chi connectivity index (χ2v) is 5.49. The lowest BCUT2D eigenvalue weighted by Crippen LogP contribution is -2.11. The van der Waals surface area contributed by atoms with E-state index in [1.165, 1.54) is 11.3 Å². The molecule has 0 unspecified atom stereocenters. The number of hydrogen-bond donors (Lipinski definition) is 1. The maximum Gasteiger partial charge on any atom is 0.218 e. The van der Waals surface area contributed by atoms with Crippen LogP contribution in [-0.2, 0) is 19.4 Å². The van der Waals surface area contributed by atoms with Crippen LogP contribution in [0.25, 0.3) is 0 Å². The number of pyridine rings is 1. The standard InChI is InChI=1S/C16H20N4O/c1-11(2)21-16-12(5-4-8-17-16)9-18-15-13-6-3-7-14(13)19-10-20-15/h4-5,8,10-11H,3,6-7,9H2,1-2H3,(H,18,19,20). The van der Waals surface area contributed by atoms with Crippen molar-refractivity contribution in [3.05, 3.63) is 41.5 Å². The third-order valence-corrected chi connectivity index (χ3v) is 3.52. The van der Waals surface area contributed by atoms with Crippen molar-refractivity contribution in [3.63, 3.8) is 0 Å². The van der Waals surface area contributed by atoms with Gasteiger partial charge in [0.2, 0.25) is 5.88 Å². The van der Waals surface area contributed by atoms with Gasteiger partial charge in [0.05, 0.1) is 6.10 Å². The summed E-state index contributed by atoms with van der Waals surface area (Å²) in [4.78, 5) is 13.0. The molecule has 5 nitrogen and oxygen atoms in total. The van der Waals surface area contributed by atoms with E-state index in [1.54, 1.807) is 12.5 Å². The third-order valence-electron chi connectivity index (χ3n) is 3.52. The zero-order valence-corrected chi connectivity index (χ0v) is 12.5. The lowest BCUT2D eigenvalue weighted by Gasteiger charge is -2.14. The van der Waals surface area contributed by atoms with Gasteiger partial charge in [-0.1, -0.05) is 6.07 Å². The number of aryl methyl sites for hydroxylation is 1. The number of fused-ring (bicyclic) bond motifs is 1. The number of ether oxygens (including phenoxy) is 1. The van der Waals surface area contributed by atoms with E-state index in [4.69, 9.17) is 4.74 Å². The molecule has 0 aliphatic heterocycles. The zero-order chi connectivity index (χ0) is 14.7. The van der Waals surface area contributed by atoms with Crippen LogP contribution in [-0.4, -0.2) is 21.1 Å². The van der Waals surface area contributed by atoms with Crippen LogP contribution >= 0.6 is 0 Å². The zero-order valence-electron chi connectivity index (χ0n) is 12.5. The van der Waals surface area contributed by atoms with Crippen molar-refractivity contribution in [1.29, 1.82) is 0 Å². The first-order valence-electron chi connectivity index (χ1n) is 7.41. The predicted octanol–water partition coefficient (Wildman–Crippen LogP) is 2.76. The van der Waals surface area contributed by atoms with Gasteiger partial charge >= 0.3 is 0 Å². The quantitative estimate of drug-likeness (QED) is 0.914. The highest BCUT2D eigenvalue weighted by Crippen LogP contribution is 2.26. The number of anilines is 1. The second-order valence-electron chi connectivity index (χ2n) is 5.49. The molecule has 0 saturated carbocycles. The van der Waals surface area contributed by atoms with Crippen molar-refractivity contribution in [2.45, 2.75) is 45.8 Å². The Morgan fingerprint density at radius 2 is 2.14 bits per heavy atom. The second kappa shape index (κ2) is 6.08. The van der Waals surface area contributed by atoms with Gasteiger partial charge in [-0.15, -0.1) is 0 Å². The summed E-state index contributed by atoms with van der Waals surface area (Å²) in [5, 5.41) is 3.40. The lowest BCUT2D eigenvalue weighted by molar-refractivity contribution is 0.230. The van der Waals surface area contributed by atoms with E-state index in [1.807, 2.05) is 26.0 Å². The average molecular weight is 284 g/mol. The summed E-state index contributed by atoms with van der Waals surface area (Å²) in [6.07, 6.45) is 6.78. The Labute approximate surface area is 124 Å². The highest BCUT2D eigenvalue weighted by molar-refractivity contribution is 5.48. The number of aromatic nitrogens is 3. The smallest absolute Gasteiger partial charge is 0.218 e. The van der Waals surface area contributed by atoms with Crippen LogP contribution in [0.15, 0.2) is 24.7 Å². The molecule has 2 aromatic heterocycles. The third kappa shape index (κ3) is 3.12. The molecule has 0 radical (unpaired) electrons. The molecular weight excluding hydrogens is 264 g/mol. The van der Waals surface area contributed by atoms with Gasteiger partial charge in [0.1, 0.15) is 12.1 Å². The minimum absolute atomic E-state index is 0.113. The van der Waals surface area contributed by atoms with E-state index in [0.29, 0.717) is 12.4 Å². The Bertz CT molecular complexity index is 627. The molecule has 0 amide bonds. The topological polar surface area (TPSA) is 59.9 Å². The Morgan fingerprint density at radius 3 is 3.00 bits per heavy atom. The van der Waals surface area contributed by atoms with E-state index in [9.17, 15) is 0 Å². The average Bonchev–Trinajstić information content (AvgIpc) is 2.95. The van der Waals surface area contributed by atoms with Crippen molar-refractivity contribution < 1.29 is 4.74 Å². The molecule has 1 N–H and O–H groups in total. The maximum absolute atomic E-state index is 5.74. The summed E-state index contributed by atoms with van der Waals surface area (Å²) in [6.45, 7) is 4.66. The molecule has 1 aliphatic carbocycles. The van der Waals surface area contributed by atoms with Crippen LogP contribution < -0.4 is 10.1 Å². The Balaban J connectivity index is 1.75. The normalized spacial score (nSPS) is 13.3. The molecule has 110 valence electrons. The Morgan fingerprint density at radius 1 is 1.24 bits per heavy atom. The van der Waals surface area contributed by atoms with Gasteiger partial charge in [0, 0.05) is 29.6 Å². The number of nitrogens with zero attached hydrogens (tertiary/aromatic N) is 3. The van der Waals surface area contributed by atoms with E-state index in [0.717, 1.165) is 30.6 Å². The van der Waals surface area contributed by atoms with E-state index in [2.05, 4.69) is 20.3 Å². The van der Waals surface area contributed by atoms with Gasteiger partial charge in [-0.3, -0.25) is 0 Å². The highest BCUT2D eigenvalue weighted by Gasteiger charge is 2.17. The summed E-state index contributed by atoms with van der Waals surface area (Å²) in [5.74, 6) is 1.63. The minimum Gasteiger partial charge on any atom is -0.475 e. The van der Waals surface area contributed by atoms with Gasteiger partial charge in [0.25, 0.3) is 0 Å². The molecule has 5 heteroatoms. The predicted molar refractivity (Wildman–Crippen MR) is 81.4 cm³/mol. The molecule has 0 spiro atoms. The first-order valence-corrected chi connectivity index (χ1v) is 7.41. The molecule has 0 aromatic carbocycles. The van der Waals surface area contributed by atoms with Crippen LogP contribution in [0.2, 0.25) is 0 Å². The molecule has 0 saturated heterocycles. The fraction of sp³-hybridized carbons (Fsp3) is 0.438. The SMILES string of the molecule is CC(C)Oc1ncccc1CNc1ncnc2c1CCC2. The molecule has 2 aromatic rings. The highest BCUT2D eigenvalue weighted by atomic mass is 16.5. The van der Waals surface area contributed by atoms with Gasteiger partial charge in [-0.05, 0) is 39.2 Å². The van der Waals surface area contributed by atoms with Gasteiger partial charge in [-0.25, -0.2) is 15.0 Å². The van der Waals surface area contributed by atoms with Crippen LogP contribution in [0.3, 0.4) is 0 Å². The molecular formula is C16H20N4O. The van der Waals surface area contributed by atoms with Crippen LogP contribution in [0.4, 0.5) is 5.82 Å². The molecule has 0 fully saturated rings. The van der Waals surface area contributed by atoms with Crippen molar-refractivity contribution in [3.8, 4) is 5.88 Å². The number of rotatable bonds is 5. The summed E-state index contributed by atoms with van der Waals surface area (Å²) in [6, 6.07) is 3.95. The monoisotopic (exact) mass is 284 g/mol. The number of hydrogen-bond acceptors (Lipinski definition) is 5. The summed E-state index contributed by atoms with van der Waals surface area (Å²) in [7, 11) is 0. The van der Waals surface area contributed by atoms with Crippen LogP contribution in [0.5, 0.6) is 5.88 Å². The van der Waals surface area contributed by atoms with Gasteiger partial charge in [0.15, 0.2) is 0 Å². The number of nitrogens with one attached hydrogen (secondary N) is 1. The fourth-order valence-corrected chi connectivity index (χ4v) is 2.58. The molecule has 0 bridgehead atoms. The van der Waals surface area contributed by atoms with Gasteiger partial charge in [-0.2, -0.15) is 0 Å². The van der Waals surface area contributed by atoms with Gasteiger partial charge < -0.3 is 10.1 Å². The Hall–Kier alpha value is -2.17. The molecule has 1 aliphatic rings. The van der Waals surface area contributed by atoms with E-state index in [-0.39, 0.29) is 6.10 Å². The van der Waals surface area contributed by atoms with Crippen molar-refractivity contribution in [2.75, 3.05) is 5.32 Å². The van der Waals surface area contributed by atoms with E-state index < -0.39 is 0 Å².